The first-order valence-corrected chi connectivity index (χ1v) is 52.4. The first kappa shape index (κ1) is 101. The van der Waals surface area contributed by atoms with Gasteiger partial charge in [0, 0.05) is 106 Å². The number of aromatic nitrogens is 7. The molecule has 0 amide bonds. The van der Waals surface area contributed by atoms with E-state index in [2.05, 4.69) is 508 Å². The van der Waals surface area contributed by atoms with Crippen molar-refractivity contribution < 1.29 is 0 Å². The first-order chi connectivity index (χ1) is 72.5. The van der Waals surface area contributed by atoms with Crippen LogP contribution in [-0.2, 0) is 0 Å². The molecule has 0 saturated heterocycles. The largest absolute Gasteiger partial charge is 0.264 e. The molecule has 25 aromatic rings. The van der Waals surface area contributed by atoms with Crippen molar-refractivity contribution in [3.63, 3.8) is 0 Å². The second-order valence-corrected chi connectivity index (χ2v) is 41.2. The van der Waals surface area contributed by atoms with Gasteiger partial charge in [-0.2, -0.15) is 0 Å². The van der Waals surface area contributed by atoms with Gasteiger partial charge < -0.3 is 0 Å². The lowest BCUT2D eigenvalue weighted by Gasteiger charge is -2.09. The number of nitrogens with zero attached hydrogens (tertiary/aromatic N) is 7. The van der Waals surface area contributed by atoms with Crippen molar-refractivity contribution in [3.8, 4) is 77.9 Å². The Morgan fingerprint density at radius 2 is 0.309 bits per heavy atom. The zero-order chi connectivity index (χ0) is 103. The Kier molecular flexibility index (Phi) is 31.4. The number of hydrogen-bond donors (Lipinski definition) is 0. The van der Waals surface area contributed by atoms with E-state index in [1.54, 1.807) is 0 Å². The van der Waals surface area contributed by atoms with E-state index in [1.165, 1.54) is 219 Å². The van der Waals surface area contributed by atoms with E-state index in [1.807, 2.05) is 98.5 Å². The number of benzene rings is 18. The topological polar surface area (TPSA) is 90.2 Å². The highest BCUT2D eigenvalue weighted by Gasteiger charge is 2.15. The average molecular weight is 1930 g/mol. The minimum atomic E-state index is 0.561. The number of pyridine rings is 7. The summed E-state index contributed by atoms with van der Waals surface area (Å²) in [6.45, 7) is 31.2. The third kappa shape index (κ3) is 24.7. The van der Waals surface area contributed by atoms with Crippen LogP contribution in [-0.4, -0.2) is 34.9 Å². The maximum atomic E-state index is 4.46. The van der Waals surface area contributed by atoms with Gasteiger partial charge in [-0.05, 0) is 344 Å². The summed E-state index contributed by atoms with van der Waals surface area (Å²) in [5.41, 5.74) is 30.3. The van der Waals surface area contributed by atoms with Crippen LogP contribution in [0.4, 0.5) is 0 Å². The highest BCUT2D eigenvalue weighted by Crippen LogP contribution is 2.38. The molecule has 25 rings (SSSR count). The van der Waals surface area contributed by atoms with Crippen molar-refractivity contribution in [2.75, 3.05) is 0 Å². The molecular weight excluding hydrogens is 1800 g/mol. The SMILES string of the molecule is CC(C)c1ccc(-c2ccc3ccncc3c2)cc1.CC(C)c1ccc(-c2ccc3cnccc3c2)cc1.CC(C)c1ccc(-c2ccc3ncccc3c2)cc1.CC(C)c1ccc2cc(-c3ccc4cccnc4c3)ccc2c1.CC(C)c1ccc2cc(-c3ccc4ccncc4c3)ccc2c1.CC(C)c1ccc2cc(-c3ccc4cnccc4c3)ccc2c1.CC(C)c1ccc2cc(-c3ccc4ncccc4c3)ccc2c1. The second kappa shape index (κ2) is 46.5. The van der Waals surface area contributed by atoms with Crippen molar-refractivity contribution in [2.24, 2.45) is 0 Å². The lowest BCUT2D eigenvalue weighted by Crippen LogP contribution is -1.87. The van der Waals surface area contributed by atoms with E-state index in [9.17, 15) is 0 Å². The van der Waals surface area contributed by atoms with Gasteiger partial charge in [0.05, 0.1) is 16.6 Å². The maximum Gasteiger partial charge on any atom is 0.0708 e. The van der Waals surface area contributed by atoms with Crippen LogP contribution < -0.4 is 0 Å². The molecule has 0 atom stereocenters. The predicted molar refractivity (Wildman–Crippen MR) is 639 cm³/mol. The van der Waals surface area contributed by atoms with Crippen molar-refractivity contribution in [3.05, 3.63) is 514 Å². The molecule has 0 bridgehead atoms. The van der Waals surface area contributed by atoms with Gasteiger partial charge >= 0.3 is 0 Å². The molecule has 7 heterocycles. The Morgan fingerprint density at radius 1 is 0.121 bits per heavy atom. The molecule has 7 heteroatoms. The normalized spacial score (nSPS) is 11.3. The van der Waals surface area contributed by atoms with Crippen LogP contribution in [0.2, 0.25) is 0 Å². The third-order valence-electron chi connectivity index (χ3n) is 28.6. The quantitative estimate of drug-likeness (QED) is 0.107. The summed E-state index contributed by atoms with van der Waals surface area (Å²) in [6, 6.07) is 146. The Balaban J connectivity index is 0.000000109. The Morgan fingerprint density at radius 3 is 0.604 bits per heavy atom. The third-order valence-corrected chi connectivity index (χ3v) is 28.6. The van der Waals surface area contributed by atoms with Crippen LogP contribution in [0, 0.1) is 0 Å². The van der Waals surface area contributed by atoms with E-state index in [0.717, 1.165) is 16.6 Å². The minimum absolute atomic E-state index is 0.561. The highest BCUT2D eigenvalue weighted by atomic mass is 14.7. The predicted octanol–water partition coefficient (Wildman–Crippen LogP) is 39.8. The molecule has 0 radical (unpaired) electrons. The van der Waals surface area contributed by atoms with E-state index < -0.39 is 0 Å². The molecule has 7 aromatic heterocycles. The molecule has 730 valence electrons. The van der Waals surface area contributed by atoms with E-state index in [-0.39, 0.29) is 0 Å². The van der Waals surface area contributed by atoms with Crippen LogP contribution in [0.25, 0.3) is 197 Å². The maximum absolute atomic E-state index is 4.46. The van der Waals surface area contributed by atoms with Crippen molar-refractivity contribution in [1.82, 2.24) is 34.9 Å². The van der Waals surface area contributed by atoms with Crippen molar-refractivity contribution in [1.29, 1.82) is 0 Å². The van der Waals surface area contributed by atoms with Gasteiger partial charge in [-0.25, -0.2) is 0 Å². The molecule has 0 unspecified atom stereocenters. The molecule has 0 aliphatic carbocycles. The number of rotatable bonds is 14. The van der Waals surface area contributed by atoms with Crippen LogP contribution in [0.1, 0.15) is 177 Å². The van der Waals surface area contributed by atoms with Gasteiger partial charge in [0.25, 0.3) is 0 Å². The van der Waals surface area contributed by atoms with Gasteiger partial charge in [-0.1, -0.05) is 382 Å². The van der Waals surface area contributed by atoms with Crippen molar-refractivity contribution >= 4 is 119 Å². The van der Waals surface area contributed by atoms with Crippen LogP contribution >= 0.6 is 0 Å². The van der Waals surface area contributed by atoms with Crippen molar-refractivity contribution in [2.45, 2.75) is 138 Å². The fourth-order valence-electron chi connectivity index (χ4n) is 19.2. The summed E-state index contributed by atoms with van der Waals surface area (Å²) < 4.78 is 0. The van der Waals surface area contributed by atoms with E-state index >= 15 is 0 Å². The van der Waals surface area contributed by atoms with Crippen LogP contribution in [0.15, 0.2) is 475 Å². The lowest BCUT2D eigenvalue weighted by molar-refractivity contribution is 0.867. The summed E-state index contributed by atoms with van der Waals surface area (Å²) in [4.78, 5) is 29.9. The number of fused-ring (bicyclic) bond motifs is 11. The molecule has 0 aliphatic heterocycles. The van der Waals surface area contributed by atoms with Gasteiger partial charge in [-0.3, -0.25) is 34.9 Å². The Bertz CT molecular complexity index is 8040. The standard InChI is InChI=1S/4C22H19N.3C18H17N/c1-15(2)17-4-6-19-12-20(8-7-18(19)11-17)21-5-3-16-9-10-23-14-22(16)13-21;1-15(2)17-6-8-19-13-20(10-9-18(19)12-17)21-7-5-16-4-3-11-23-22(16)14-21;1-15(2)16-3-4-18-12-19(6-5-17(18)11-16)20-7-8-22-14-23-10-9-21(22)13-20;1-15(2)16-5-6-18-13-19(8-7-17(18)12-16)20-9-10-22-21(14-20)4-3-11-23-22;1-13(2)14-3-5-15(6-4-14)16-7-8-18-12-19-10-9-17(18)11-16;1-13(2)14-3-5-15(6-4-14)17-8-7-16-9-10-19-12-18(16)11-17;1-13(2)14-5-7-15(8-6-14)16-9-10-18-17(12-16)4-3-11-19-18/h4*3-15H,1-2H3;3*3-13H,1-2H3. The summed E-state index contributed by atoms with van der Waals surface area (Å²) >= 11 is 0. The van der Waals surface area contributed by atoms with E-state index in [4.69, 9.17) is 0 Å². The zero-order valence-electron chi connectivity index (χ0n) is 87.7. The fourth-order valence-corrected chi connectivity index (χ4v) is 19.2. The Hall–Kier alpha value is -17.1. The monoisotopic (exact) mass is 1930 g/mol. The van der Waals surface area contributed by atoms with Gasteiger partial charge in [-0.15, -0.1) is 0 Å². The lowest BCUT2D eigenvalue weighted by atomic mass is 9.96. The minimum Gasteiger partial charge on any atom is -0.264 e. The summed E-state index contributed by atoms with van der Waals surface area (Å²) in [5.74, 6) is 3.99. The smallest absolute Gasteiger partial charge is 0.0708 e. The molecule has 18 aromatic carbocycles. The average Bonchev–Trinajstić information content (AvgIpc) is 0.801. The highest BCUT2D eigenvalue weighted by molar-refractivity contribution is 5.97. The Labute approximate surface area is 877 Å². The van der Waals surface area contributed by atoms with Gasteiger partial charge in [0.15, 0.2) is 0 Å². The molecule has 0 aliphatic rings. The van der Waals surface area contributed by atoms with Crippen LogP contribution in [0.5, 0.6) is 0 Å². The van der Waals surface area contributed by atoms with E-state index in [0.29, 0.717) is 41.4 Å². The summed E-state index contributed by atoms with van der Waals surface area (Å²) in [6.07, 6.45) is 20.5. The molecular formula is C142H127N7. The molecule has 0 N–H and O–H groups in total. The van der Waals surface area contributed by atoms with Gasteiger partial charge in [0.2, 0.25) is 0 Å². The zero-order valence-corrected chi connectivity index (χ0v) is 87.7. The molecule has 149 heavy (non-hydrogen) atoms. The molecule has 0 fully saturated rings. The molecule has 0 saturated carbocycles. The first-order valence-electron chi connectivity index (χ1n) is 52.4. The van der Waals surface area contributed by atoms with Crippen LogP contribution in [0.3, 0.4) is 0 Å². The van der Waals surface area contributed by atoms with Gasteiger partial charge in [0.1, 0.15) is 0 Å². The second-order valence-electron chi connectivity index (χ2n) is 41.2. The summed E-state index contributed by atoms with van der Waals surface area (Å²) in [5, 5.41) is 23.6. The molecule has 0 spiro atoms. The fraction of sp³-hybridized carbons (Fsp3) is 0.148. The molecule has 7 nitrogen and oxygen atoms in total. The summed E-state index contributed by atoms with van der Waals surface area (Å²) in [7, 11) is 0. The number of hydrogen-bond acceptors (Lipinski definition) is 7.